The Morgan fingerprint density at radius 3 is 2.42 bits per heavy atom. The van der Waals surface area contributed by atoms with Gasteiger partial charge in [0.2, 0.25) is 6.41 Å². The van der Waals surface area contributed by atoms with Crippen LogP contribution in [0.15, 0.2) is 30.5 Å². The maximum atomic E-state index is 14.1. The Morgan fingerprint density at radius 1 is 1.10 bits per heavy atom. The van der Waals surface area contributed by atoms with Gasteiger partial charge >= 0.3 is 5.97 Å². The number of aryl methyl sites for hydroxylation is 1. The average molecular weight is 846 g/mol. The summed E-state index contributed by atoms with van der Waals surface area (Å²) in [5.74, 6) is -2.46. The first-order valence-electron chi connectivity index (χ1n) is 21.7. The molecule has 1 amide bonds. The minimum atomic E-state index is -1.70. The molecule has 16 nitrogen and oxygen atoms in total. The zero-order chi connectivity index (χ0) is 44.7. The van der Waals surface area contributed by atoms with Gasteiger partial charge in [0.1, 0.15) is 23.5 Å². The molecule has 5 N–H and O–H groups in total. The molecule has 1 aromatic heterocycles. The van der Waals surface area contributed by atoms with Crippen molar-refractivity contribution in [2.45, 2.75) is 160 Å². The highest BCUT2D eigenvalue weighted by Crippen LogP contribution is 2.38. The molecule has 16 heteroatoms. The number of hydrogen-bond acceptors (Lipinski definition) is 14. The third kappa shape index (κ3) is 11.6. The number of aliphatic hydroxyl groups excluding tert-OH is 2. The lowest BCUT2D eigenvalue weighted by Crippen LogP contribution is -2.65. The van der Waals surface area contributed by atoms with Crippen LogP contribution in [0.5, 0.6) is 0 Å². The average Bonchev–Trinajstić information content (AvgIpc) is 3.68. The number of ether oxygens (including phenoxy) is 4. The van der Waals surface area contributed by atoms with E-state index in [-0.39, 0.29) is 24.5 Å². The number of aromatic nitrogens is 3. The minimum Gasteiger partial charge on any atom is -0.459 e. The van der Waals surface area contributed by atoms with E-state index in [2.05, 4.69) is 22.1 Å². The highest BCUT2D eigenvalue weighted by atomic mass is 16.7. The lowest BCUT2D eigenvalue weighted by Gasteiger charge is -2.48. The molecule has 0 aliphatic carbocycles. The van der Waals surface area contributed by atoms with Crippen LogP contribution in [0.25, 0.3) is 11.3 Å². The smallest absolute Gasteiger partial charge is 0.311 e. The Hall–Kier alpha value is -3.22. The normalized spacial score (nSPS) is 36.6. The number of carbonyl (C=O) groups is 2. The Labute approximate surface area is 357 Å². The van der Waals surface area contributed by atoms with Gasteiger partial charge in [0.25, 0.3) is 0 Å². The monoisotopic (exact) mass is 846 g/mol. The van der Waals surface area contributed by atoms with Gasteiger partial charge in [-0.3, -0.25) is 14.3 Å². The number of likely N-dealkylation sites (N-methyl/N-ethyl adjacent to an activating group) is 2. The largest absolute Gasteiger partial charge is 0.459 e. The summed E-state index contributed by atoms with van der Waals surface area (Å²) in [7, 11) is 7.38. The third-order valence-corrected chi connectivity index (χ3v) is 13.2. The number of benzene rings is 1. The molecule has 3 heterocycles. The predicted molar refractivity (Wildman–Crippen MR) is 229 cm³/mol. The summed E-state index contributed by atoms with van der Waals surface area (Å²) < 4.78 is 27.1. The quantitative estimate of drug-likeness (QED) is 0.0991. The van der Waals surface area contributed by atoms with Crippen molar-refractivity contribution in [1.29, 1.82) is 0 Å². The standard InChI is InChI=1S/C44H75N7O9/c1-13-36-44(8,56)39(50(26-52)19-14-15-20-51-25-34(46-47-51)32-17-16-18-33(45)22-32)31(6)49(11)24-27(2)23-43(7,57-12)40(29(4)37(53)30(5)41(55)59-36)60-42-38(54)35(48(9)10)21-28(3)58-42/h16-18,22,25-31,35-40,42,53-54,56H,13-15,19-21,23-24,45H2,1-12H3/t27-,28-,29+,30-,31-,35?,36-,37?,38?,39-,40-,42+,43-,44-/m1/s1. The number of anilines is 1. The minimum absolute atomic E-state index is 0.0268. The number of amides is 1. The van der Waals surface area contributed by atoms with Gasteiger partial charge in [-0.1, -0.05) is 38.1 Å². The van der Waals surface area contributed by atoms with Crippen LogP contribution < -0.4 is 5.73 Å². The maximum Gasteiger partial charge on any atom is 0.311 e. The fourth-order valence-corrected chi connectivity index (χ4v) is 9.59. The molecule has 0 spiro atoms. The van der Waals surface area contributed by atoms with Crippen LogP contribution in [0.3, 0.4) is 0 Å². The van der Waals surface area contributed by atoms with Gasteiger partial charge in [-0.15, -0.1) is 5.10 Å². The molecule has 0 bridgehead atoms. The van der Waals surface area contributed by atoms with Gasteiger partial charge < -0.3 is 54.7 Å². The third-order valence-electron chi connectivity index (χ3n) is 13.2. The second-order valence-corrected chi connectivity index (χ2v) is 18.3. The maximum absolute atomic E-state index is 14.1. The number of carbonyl (C=O) groups excluding carboxylic acids is 2. The fraction of sp³-hybridized carbons (Fsp3) is 0.773. The first-order valence-corrected chi connectivity index (χ1v) is 21.7. The van der Waals surface area contributed by atoms with Crippen molar-refractivity contribution in [3.63, 3.8) is 0 Å². The Balaban J connectivity index is 1.62. The summed E-state index contributed by atoms with van der Waals surface area (Å²) in [5.41, 5.74) is 5.47. The Bertz CT molecular complexity index is 1660. The Morgan fingerprint density at radius 2 is 1.80 bits per heavy atom. The van der Waals surface area contributed by atoms with Gasteiger partial charge in [0, 0.05) is 56.0 Å². The number of rotatable bonds is 13. The molecule has 4 rings (SSSR count). The number of aliphatic hydroxyl groups is 3. The number of methoxy groups -OCH3 is 1. The van der Waals surface area contributed by atoms with E-state index in [0.717, 1.165) is 12.0 Å². The molecular formula is C44H75N7O9. The summed E-state index contributed by atoms with van der Waals surface area (Å²) in [5, 5.41) is 44.6. The van der Waals surface area contributed by atoms with E-state index in [1.54, 1.807) is 30.5 Å². The van der Waals surface area contributed by atoms with Gasteiger partial charge in [0.15, 0.2) is 6.29 Å². The van der Waals surface area contributed by atoms with Crippen molar-refractivity contribution in [1.82, 2.24) is 29.7 Å². The summed E-state index contributed by atoms with van der Waals surface area (Å²) in [6.45, 7) is 16.2. The van der Waals surface area contributed by atoms with Crippen LogP contribution in [0.4, 0.5) is 5.69 Å². The van der Waals surface area contributed by atoms with Crippen molar-refractivity contribution < 1.29 is 43.9 Å². The molecular weight excluding hydrogens is 771 g/mol. The van der Waals surface area contributed by atoms with E-state index >= 15 is 0 Å². The molecule has 2 fully saturated rings. The SMILES string of the molecule is CC[C@H]1OC(=O)[C@H](C)C(O)[C@H](C)[C@@H](O[C@@H]2O[C@H](C)CC(N(C)C)C2O)[C@](C)(OC)C[C@@H](C)CN(C)[C@H](C)[C@@H](N(C=O)CCCCn2cc(-c3cccc(N)c3)nn2)[C@]1(C)O. The zero-order valence-electron chi connectivity index (χ0n) is 38.1. The lowest BCUT2D eigenvalue weighted by molar-refractivity contribution is -0.301. The van der Waals surface area contributed by atoms with E-state index in [4.69, 9.17) is 24.7 Å². The Kier molecular flexibility index (Phi) is 17.5. The van der Waals surface area contributed by atoms with Crippen molar-refractivity contribution in [2.75, 3.05) is 47.1 Å². The highest BCUT2D eigenvalue weighted by Gasteiger charge is 2.51. The molecule has 340 valence electrons. The highest BCUT2D eigenvalue weighted by molar-refractivity contribution is 5.73. The van der Waals surface area contributed by atoms with E-state index < -0.39 is 71.8 Å². The summed E-state index contributed by atoms with van der Waals surface area (Å²) in [6.07, 6.45) is -0.0733. The van der Waals surface area contributed by atoms with Crippen LogP contribution in [-0.2, 0) is 35.1 Å². The van der Waals surface area contributed by atoms with Crippen LogP contribution in [0, 0.1) is 17.8 Å². The second-order valence-electron chi connectivity index (χ2n) is 18.3. The first-order chi connectivity index (χ1) is 28.2. The fourth-order valence-electron chi connectivity index (χ4n) is 9.59. The van der Waals surface area contributed by atoms with Crippen LogP contribution in [-0.4, -0.2) is 165 Å². The van der Waals surface area contributed by atoms with Crippen molar-refractivity contribution >= 4 is 18.1 Å². The van der Waals surface area contributed by atoms with Crippen molar-refractivity contribution in [2.24, 2.45) is 17.8 Å². The van der Waals surface area contributed by atoms with Crippen LogP contribution in [0.1, 0.15) is 87.5 Å². The van der Waals surface area contributed by atoms with Gasteiger partial charge in [-0.2, -0.15) is 0 Å². The predicted octanol–water partition coefficient (Wildman–Crippen LogP) is 3.42. The number of unbranched alkanes of at least 4 members (excludes halogenated alkanes) is 1. The number of nitrogen functional groups attached to an aromatic ring is 1. The molecule has 2 aromatic rings. The number of nitrogens with zero attached hydrogens (tertiary/aromatic N) is 6. The van der Waals surface area contributed by atoms with Gasteiger partial charge in [0.05, 0.1) is 42.1 Å². The van der Waals surface area contributed by atoms with E-state index in [1.807, 2.05) is 91.1 Å². The number of nitrogens with two attached hydrogens (primary N) is 1. The van der Waals surface area contributed by atoms with Gasteiger partial charge in [-0.25, -0.2) is 0 Å². The first kappa shape index (κ1) is 49.4. The van der Waals surface area contributed by atoms with Crippen molar-refractivity contribution in [3.8, 4) is 11.3 Å². The lowest BCUT2D eigenvalue weighted by atomic mass is 9.77. The van der Waals surface area contributed by atoms with Gasteiger partial charge in [-0.05, 0) is 106 Å². The van der Waals surface area contributed by atoms with E-state index in [0.29, 0.717) is 56.7 Å². The molecule has 2 aliphatic rings. The molecule has 2 saturated heterocycles. The molecule has 3 unspecified atom stereocenters. The molecule has 60 heavy (non-hydrogen) atoms. The van der Waals surface area contributed by atoms with Crippen molar-refractivity contribution in [3.05, 3.63) is 30.5 Å². The van der Waals surface area contributed by atoms with E-state index in [9.17, 15) is 24.9 Å². The molecule has 0 saturated carbocycles. The number of esters is 1. The van der Waals surface area contributed by atoms with Crippen LogP contribution in [0.2, 0.25) is 0 Å². The van der Waals surface area contributed by atoms with Crippen LogP contribution >= 0.6 is 0 Å². The number of cyclic esters (lactones) is 1. The molecule has 2 aliphatic heterocycles. The summed E-state index contributed by atoms with van der Waals surface area (Å²) >= 11 is 0. The molecule has 1 aromatic carbocycles. The topological polar surface area (TPSA) is 198 Å². The summed E-state index contributed by atoms with van der Waals surface area (Å²) in [6, 6.07) is 6.04. The zero-order valence-corrected chi connectivity index (χ0v) is 38.1. The number of hydrogen-bond donors (Lipinski definition) is 4. The summed E-state index contributed by atoms with van der Waals surface area (Å²) in [4.78, 5) is 32.8. The molecule has 14 atom stereocenters. The van der Waals surface area contributed by atoms with E-state index in [1.165, 1.54) is 0 Å². The molecule has 0 radical (unpaired) electrons. The second kappa shape index (κ2) is 21.2.